The molecule has 0 bridgehead atoms. The highest BCUT2D eigenvalue weighted by atomic mass is 35.5. The molecule has 2 heterocycles. The number of halogens is 1. The monoisotopic (exact) mass is 434 g/mol. The van der Waals surface area contributed by atoms with Crippen LogP contribution in [0, 0.1) is 0 Å². The van der Waals surface area contributed by atoms with Crippen LogP contribution in [0.1, 0.15) is 24.8 Å². The molecule has 1 aliphatic rings. The fourth-order valence-electron chi connectivity index (χ4n) is 2.73. The summed E-state index contributed by atoms with van der Waals surface area (Å²) in [6.45, 7) is 1.17. The van der Waals surface area contributed by atoms with Crippen LogP contribution < -0.4 is 4.72 Å². The maximum atomic E-state index is 12.6. The average molecular weight is 435 g/mol. The van der Waals surface area contributed by atoms with Gasteiger partial charge in [0.05, 0.1) is 9.23 Å². The van der Waals surface area contributed by atoms with Gasteiger partial charge < -0.3 is 0 Å². The molecule has 1 saturated heterocycles. The number of rotatable bonds is 6. The first-order valence-corrected chi connectivity index (χ1v) is 12.2. The average Bonchev–Trinajstić information content (AvgIpc) is 3.09. The van der Waals surface area contributed by atoms with Crippen molar-refractivity contribution in [1.29, 1.82) is 0 Å². The number of thiophene rings is 1. The largest absolute Gasteiger partial charge is 0.250 e. The lowest BCUT2D eigenvalue weighted by Gasteiger charge is -2.25. The first kappa shape index (κ1) is 19.8. The zero-order chi connectivity index (χ0) is 18.8. The van der Waals surface area contributed by atoms with Crippen molar-refractivity contribution >= 4 is 43.0 Å². The van der Waals surface area contributed by atoms with Crippen molar-refractivity contribution in [1.82, 2.24) is 9.03 Å². The van der Waals surface area contributed by atoms with Crippen LogP contribution in [-0.2, 0) is 26.6 Å². The molecular formula is C16H19ClN2O4S3. The van der Waals surface area contributed by atoms with Gasteiger partial charge in [-0.3, -0.25) is 0 Å². The zero-order valence-electron chi connectivity index (χ0n) is 13.9. The minimum Gasteiger partial charge on any atom is -0.207 e. The quantitative estimate of drug-likeness (QED) is 0.757. The number of sulfonamides is 2. The summed E-state index contributed by atoms with van der Waals surface area (Å²) in [5.41, 5.74) is 0.675. The maximum absolute atomic E-state index is 12.6. The molecule has 1 N–H and O–H groups in total. The van der Waals surface area contributed by atoms with Crippen molar-refractivity contribution in [2.24, 2.45) is 0 Å². The number of piperidine rings is 1. The molecule has 26 heavy (non-hydrogen) atoms. The molecule has 1 aromatic heterocycles. The van der Waals surface area contributed by atoms with Crippen molar-refractivity contribution in [3.63, 3.8) is 0 Å². The Balaban J connectivity index is 1.68. The molecule has 6 nitrogen and oxygen atoms in total. The SMILES string of the molecule is O=S(=O)(NCc1ccc(S(=O)(=O)N2CCCCC2)cc1)c1ccc(Cl)s1. The third kappa shape index (κ3) is 4.47. The van der Waals surface area contributed by atoms with Crippen LogP contribution >= 0.6 is 22.9 Å². The Morgan fingerprint density at radius 1 is 0.962 bits per heavy atom. The van der Waals surface area contributed by atoms with E-state index in [9.17, 15) is 16.8 Å². The van der Waals surface area contributed by atoms with Crippen molar-refractivity contribution in [3.05, 3.63) is 46.3 Å². The molecule has 1 aromatic carbocycles. The Hall–Kier alpha value is -0.970. The highest BCUT2D eigenvalue weighted by molar-refractivity contribution is 7.91. The summed E-state index contributed by atoms with van der Waals surface area (Å²) >= 11 is 6.75. The van der Waals surface area contributed by atoms with Crippen molar-refractivity contribution in [2.75, 3.05) is 13.1 Å². The van der Waals surface area contributed by atoms with E-state index >= 15 is 0 Å². The molecule has 0 atom stereocenters. The van der Waals surface area contributed by atoms with Crippen LogP contribution in [0.4, 0.5) is 0 Å². The maximum Gasteiger partial charge on any atom is 0.250 e. The third-order valence-corrected chi connectivity index (χ3v) is 9.19. The van der Waals surface area contributed by atoms with Crippen LogP contribution in [0.25, 0.3) is 0 Å². The Labute approximate surface area is 162 Å². The predicted molar refractivity (Wildman–Crippen MR) is 102 cm³/mol. The van der Waals surface area contributed by atoms with Gasteiger partial charge in [0.15, 0.2) is 0 Å². The van der Waals surface area contributed by atoms with Crippen molar-refractivity contribution < 1.29 is 16.8 Å². The van der Waals surface area contributed by atoms with Gasteiger partial charge in [0.1, 0.15) is 4.21 Å². The molecule has 2 aromatic rings. The van der Waals surface area contributed by atoms with E-state index < -0.39 is 20.0 Å². The first-order chi connectivity index (χ1) is 12.3. The van der Waals surface area contributed by atoms with Gasteiger partial charge in [-0.05, 0) is 42.7 Å². The number of benzene rings is 1. The Bertz CT molecular complexity index is 963. The van der Waals surface area contributed by atoms with Crippen molar-refractivity contribution in [3.8, 4) is 0 Å². The molecule has 0 saturated carbocycles. The predicted octanol–water partition coefficient (Wildman–Crippen LogP) is 3.05. The lowest BCUT2D eigenvalue weighted by atomic mass is 10.2. The number of nitrogens with zero attached hydrogens (tertiary/aromatic N) is 1. The van der Waals surface area contributed by atoms with Crippen LogP contribution in [0.15, 0.2) is 45.5 Å². The van der Waals surface area contributed by atoms with Crippen LogP contribution in [0.3, 0.4) is 0 Å². The molecule has 1 fully saturated rings. The Morgan fingerprint density at radius 2 is 1.62 bits per heavy atom. The van der Waals surface area contributed by atoms with Crippen LogP contribution in [-0.4, -0.2) is 34.2 Å². The van der Waals surface area contributed by atoms with Gasteiger partial charge in [-0.25, -0.2) is 21.6 Å². The standard InChI is InChI=1S/C16H19ClN2O4S3/c17-15-8-9-16(24-15)25(20,21)18-12-13-4-6-14(7-5-13)26(22,23)19-10-2-1-3-11-19/h4-9,18H,1-3,10-12H2. The summed E-state index contributed by atoms with van der Waals surface area (Å²) in [4.78, 5) is 0.232. The molecule has 0 unspecified atom stereocenters. The normalized spacial score (nSPS) is 16.7. The highest BCUT2D eigenvalue weighted by Gasteiger charge is 2.25. The van der Waals surface area contributed by atoms with Gasteiger partial charge in [-0.2, -0.15) is 4.31 Å². The molecule has 3 rings (SSSR count). The van der Waals surface area contributed by atoms with Gasteiger partial charge in [0, 0.05) is 19.6 Å². The highest BCUT2D eigenvalue weighted by Crippen LogP contribution is 2.25. The molecule has 10 heteroatoms. The van der Waals surface area contributed by atoms with Gasteiger partial charge in [-0.1, -0.05) is 30.2 Å². The fourth-order valence-corrected chi connectivity index (χ4v) is 6.79. The molecule has 0 amide bonds. The van der Waals surface area contributed by atoms with Crippen LogP contribution in [0.5, 0.6) is 0 Å². The van der Waals surface area contributed by atoms with E-state index in [1.807, 2.05) is 0 Å². The fraction of sp³-hybridized carbons (Fsp3) is 0.375. The van der Waals surface area contributed by atoms with Crippen LogP contribution in [0.2, 0.25) is 4.34 Å². The smallest absolute Gasteiger partial charge is 0.207 e. The second-order valence-electron chi connectivity index (χ2n) is 5.99. The van der Waals surface area contributed by atoms with E-state index in [1.165, 1.54) is 28.6 Å². The summed E-state index contributed by atoms with van der Waals surface area (Å²) < 4.78 is 54.1. The third-order valence-electron chi connectivity index (χ3n) is 4.16. The minimum atomic E-state index is -3.64. The summed E-state index contributed by atoms with van der Waals surface area (Å²) in [5, 5.41) is 0. The minimum absolute atomic E-state index is 0.0713. The van der Waals surface area contributed by atoms with Crippen molar-refractivity contribution in [2.45, 2.75) is 34.9 Å². The summed E-state index contributed by atoms with van der Waals surface area (Å²) in [6, 6.07) is 9.28. The van der Waals surface area contributed by atoms with E-state index in [4.69, 9.17) is 11.6 Å². The lowest BCUT2D eigenvalue weighted by molar-refractivity contribution is 0.346. The van der Waals surface area contributed by atoms with E-state index in [0.717, 1.165) is 30.6 Å². The molecular weight excluding hydrogens is 416 g/mol. The Morgan fingerprint density at radius 3 is 2.19 bits per heavy atom. The second kappa shape index (κ2) is 7.95. The van der Waals surface area contributed by atoms with Gasteiger partial charge in [0.25, 0.3) is 0 Å². The van der Waals surface area contributed by atoms with Gasteiger partial charge in [0.2, 0.25) is 20.0 Å². The summed E-state index contributed by atoms with van der Waals surface area (Å²) in [5.74, 6) is 0. The summed E-state index contributed by atoms with van der Waals surface area (Å²) in [6.07, 6.45) is 2.82. The van der Waals surface area contributed by atoms with Gasteiger partial charge in [-0.15, -0.1) is 11.3 Å². The lowest BCUT2D eigenvalue weighted by Crippen LogP contribution is -2.35. The second-order valence-corrected chi connectivity index (χ2v) is 11.6. The number of hydrogen-bond acceptors (Lipinski definition) is 5. The molecule has 142 valence electrons. The first-order valence-electron chi connectivity index (χ1n) is 8.13. The number of hydrogen-bond donors (Lipinski definition) is 1. The molecule has 0 spiro atoms. The number of nitrogens with one attached hydrogen (secondary N) is 1. The van der Waals surface area contributed by atoms with E-state index in [0.29, 0.717) is 23.0 Å². The van der Waals surface area contributed by atoms with E-state index in [1.54, 1.807) is 12.1 Å². The molecule has 1 aliphatic heterocycles. The van der Waals surface area contributed by atoms with E-state index in [2.05, 4.69) is 4.72 Å². The zero-order valence-corrected chi connectivity index (χ0v) is 17.1. The van der Waals surface area contributed by atoms with Gasteiger partial charge >= 0.3 is 0 Å². The topological polar surface area (TPSA) is 83.5 Å². The summed E-state index contributed by atoms with van der Waals surface area (Å²) in [7, 11) is -7.12. The molecule has 0 radical (unpaired) electrons. The molecule has 0 aliphatic carbocycles. The van der Waals surface area contributed by atoms with E-state index in [-0.39, 0.29) is 15.6 Å². The Kier molecular flexibility index (Phi) is 6.05.